The molecule has 6 rings (SSSR count). The van der Waals surface area contributed by atoms with E-state index >= 15 is 0 Å². The fourth-order valence-corrected chi connectivity index (χ4v) is 4.98. The van der Waals surface area contributed by atoms with Gasteiger partial charge in [-0.25, -0.2) is 0 Å². The quantitative estimate of drug-likeness (QED) is 0.267. The third kappa shape index (κ3) is 3.58. The molecule has 1 aliphatic rings. The van der Waals surface area contributed by atoms with Crippen molar-refractivity contribution in [2.24, 2.45) is 0 Å². The van der Waals surface area contributed by atoms with Crippen LogP contribution in [0.2, 0.25) is 0 Å². The molecule has 1 nitrogen and oxygen atoms in total. The standard InChI is InChI=1S/C33H28O/c1-33(2,3)27-17-15-22(16-18-27)30-21-31(23-9-5-4-6-10-23)34-32(30)26-14-13-25-19-24-11-7-8-12-28(24)29(25)20-26/h4-18,20-21H,19H2,1-3H3. The fourth-order valence-electron chi connectivity index (χ4n) is 4.98. The number of furan rings is 1. The molecule has 0 N–H and O–H groups in total. The van der Waals surface area contributed by atoms with Gasteiger partial charge >= 0.3 is 0 Å². The SMILES string of the molecule is CC(C)(C)c1ccc(-c2cc(-c3ccccc3)oc2-c2ccc3c(c2)-c2ccccc2C3)cc1. The molecule has 0 spiro atoms. The van der Waals surface area contributed by atoms with E-state index in [-0.39, 0.29) is 5.41 Å². The molecule has 0 radical (unpaired) electrons. The Balaban J connectivity index is 1.51. The monoisotopic (exact) mass is 440 g/mol. The first-order chi connectivity index (χ1) is 16.5. The minimum absolute atomic E-state index is 0.125. The number of fused-ring (bicyclic) bond motifs is 3. The van der Waals surface area contributed by atoms with Crippen molar-refractivity contribution in [2.75, 3.05) is 0 Å². The molecule has 0 unspecified atom stereocenters. The molecule has 166 valence electrons. The molecular weight excluding hydrogens is 412 g/mol. The topological polar surface area (TPSA) is 13.1 Å². The number of hydrogen-bond acceptors (Lipinski definition) is 1. The van der Waals surface area contributed by atoms with Gasteiger partial charge in [0.15, 0.2) is 0 Å². The average molecular weight is 441 g/mol. The molecule has 5 aromatic rings. The third-order valence-corrected chi connectivity index (χ3v) is 6.91. The van der Waals surface area contributed by atoms with Gasteiger partial charge in [0, 0.05) is 16.7 Å². The molecule has 0 saturated carbocycles. The highest BCUT2D eigenvalue weighted by molar-refractivity contribution is 5.87. The maximum atomic E-state index is 6.59. The van der Waals surface area contributed by atoms with Crippen LogP contribution in [0.25, 0.3) is 44.9 Å². The van der Waals surface area contributed by atoms with Crippen LogP contribution in [0.5, 0.6) is 0 Å². The summed E-state index contributed by atoms with van der Waals surface area (Å²) in [5.41, 5.74) is 11.4. The van der Waals surface area contributed by atoms with E-state index in [9.17, 15) is 0 Å². The zero-order chi connectivity index (χ0) is 23.3. The van der Waals surface area contributed by atoms with E-state index in [1.807, 2.05) is 6.07 Å². The highest BCUT2D eigenvalue weighted by Crippen LogP contribution is 2.43. The number of hydrogen-bond donors (Lipinski definition) is 0. The number of benzene rings is 4. The Morgan fingerprint density at radius 1 is 0.559 bits per heavy atom. The predicted octanol–water partition coefficient (Wildman–Crippen LogP) is 9.15. The summed E-state index contributed by atoms with van der Waals surface area (Å²) in [4.78, 5) is 0. The van der Waals surface area contributed by atoms with Crippen LogP contribution in [0.15, 0.2) is 108 Å². The zero-order valence-electron chi connectivity index (χ0n) is 19.9. The van der Waals surface area contributed by atoms with Gasteiger partial charge in [0.05, 0.1) is 0 Å². The van der Waals surface area contributed by atoms with Crippen LogP contribution in [0, 0.1) is 0 Å². The summed E-state index contributed by atoms with van der Waals surface area (Å²) in [7, 11) is 0. The first kappa shape index (κ1) is 20.7. The summed E-state index contributed by atoms with van der Waals surface area (Å²) in [6, 6.07) is 37.0. The van der Waals surface area contributed by atoms with Gasteiger partial charge in [0.1, 0.15) is 11.5 Å². The van der Waals surface area contributed by atoms with Crippen LogP contribution in [-0.2, 0) is 11.8 Å². The summed E-state index contributed by atoms with van der Waals surface area (Å²) in [6.45, 7) is 6.75. The van der Waals surface area contributed by atoms with Crippen molar-refractivity contribution in [3.63, 3.8) is 0 Å². The minimum atomic E-state index is 0.125. The van der Waals surface area contributed by atoms with Crippen molar-refractivity contribution in [1.29, 1.82) is 0 Å². The molecule has 1 aromatic heterocycles. The molecule has 34 heavy (non-hydrogen) atoms. The lowest BCUT2D eigenvalue weighted by Crippen LogP contribution is -2.10. The third-order valence-electron chi connectivity index (χ3n) is 6.91. The highest BCUT2D eigenvalue weighted by Gasteiger charge is 2.22. The Kier molecular flexibility index (Phi) is 4.81. The van der Waals surface area contributed by atoms with Gasteiger partial charge in [-0.3, -0.25) is 0 Å². The molecule has 0 aliphatic heterocycles. The average Bonchev–Trinajstić information content (AvgIpc) is 3.46. The van der Waals surface area contributed by atoms with Crippen molar-refractivity contribution in [1.82, 2.24) is 0 Å². The van der Waals surface area contributed by atoms with E-state index in [1.165, 1.54) is 33.4 Å². The first-order valence-electron chi connectivity index (χ1n) is 12.0. The Hall–Kier alpha value is -3.84. The van der Waals surface area contributed by atoms with Gasteiger partial charge < -0.3 is 4.42 Å². The fraction of sp³-hybridized carbons (Fsp3) is 0.152. The van der Waals surface area contributed by atoms with Crippen molar-refractivity contribution in [2.45, 2.75) is 32.6 Å². The molecular formula is C33H28O. The molecule has 0 fully saturated rings. The second-order valence-electron chi connectivity index (χ2n) is 10.3. The van der Waals surface area contributed by atoms with Crippen LogP contribution in [0.4, 0.5) is 0 Å². The summed E-state index contributed by atoms with van der Waals surface area (Å²) in [6.07, 6.45) is 1.00. The molecule has 1 heteroatoms. The van der Waals surface area contributed by atoms with Crippen LogP contribution in [-0.4, -0.2) is 0 Å². The van der Waals surface area contributed by atoms with Gasteiger partial charge in [-0.1, -0.05) is 112 Å². The Labute approximate surface area is 201 Å². The normalized spacial score (nSPS) is 12.4. The summed E-state index contributed by atoms with van der Waals surface area (Å²) in [5.74, 6) is 1.82. The Morgan fingerprint density at radius 2 is 1.24 bits per heavy atom. The molecule has 4 aromatic carbocycles. The molecule has 0 bridgehead atoms. The van der Waals surface area contributed by atoms with Crippen LogP contribution >= 0.6 is 0 Å². The van der Waals surface area contributed by atoms with Crippen LogP contribution < -0.4 is 0 Å². The van der Waals surface area contributed by atoms with E-state index in [0.717, 1.165) is 34.6 Å². The van der Waals surface area contributed by atoms with Crippen molar-refractivity contribution >= 4 is 0 Å². The van der Waals surface area contributed by atoms with Gasteiger partial charge in [-0.15, -0.1) is 0 Å². The summed E-state index contributed by atoms with van der Waals surface area (Å²) in [5, 5.41) is 0. The van der Waals surface area contributed by atoms with Crippen molar-refractivity contribution < 1.29 is 4.42 Å². The van der Waals surface area contributed by atoms with Gasteiger partial charge in [-0.05, 0) is 57.3 Å². The summed E-state index contributed by atoms with van der Waals surface area (Å²) >= 11 is 0. The van der Waals surface area contributed by atoms with E-state index in [2.05, 4.69) is 118 Å². The molecule has 1 aliphatic carbocycles. The number of rotatable bonds is 3. The molecule has 0 atom stereocenters. The largest absolute Gasteiger partial charge is 0.455 e. The highest BCUT2D eigenvalue weighted by atomic mass is 16.3. The van der Waals surface area contributed by atoms with Crippen molar-refractivity contribution in [3.05, 3.63) is 120 Å². The van der Waals surface area contributed by atoms with E-state index in [0.29, 0.717) is 0 Å². The predicted molar refractivity (Wildman–Crippen MR) is 142 cm³/mol. The first-order valence-corrected chi connectivity index (χ1v) is 12.0. The maximum Gasteiger partial charge on any atom is 0.142 e. The van der Waals surface area contributed by atoms with Crippen LogP contribution in [0.1, 0.15) is 37.5 Å². The molecule has 1 heterocycles. The Bertz CT molecular complexity index is 1480. The lowest BCUT2D eigenvalue weighted by Gasteiger charge is -2.19. The van der Waals surface area contributed by atoms with Gasteiger partial charge in [0.2, 0.25) is 0 Å². The maximum absolute atomic E-state index is 6.59. The van der Waals surface area contributed by atoms with Gasteiger partial charge in [-0.2, -0.15) is 0 Å². The van der Waals surface area contributed by atoms with E-state index in [1.54, 1.807) is 0 Å². The molecule has 0 saturated heterocycles. The van der Waals surface area contributed by atoms with Crippen LogP contribution in [0.3, 0.4) is 0 Å². The minimum Gasteiger partial charge on any atom is -0.455 e. The van der Waals surface area contributed by atoms with E-state index in [4.69, 9.17) is 4.42 Å². The smallest absolute Gasteiger partial charge is 0.142 e. The second-order valence-corrected chi connectivity index (χ2v) is 10.3. The lowest BCUT2D eigenvalue weighted by molar-refractivity contribution is 0.590. The zero-order valence-corrected chi connectivity index (χ0v) is 19.9. The second kappa shape index (κ2) is 7.88. The summed E-state index contributed by atoms with van der Waals surface area (Å²) < 4.78 is 6.59. The molecule has 0 amide bonds. The lowest BCUT2D eigenvalue weighted by atomic mass is 9.86. The Morgan fingerprint density at radius 3 is 2.00 bits per heavy atom. The van der Waals surface area contributed by atoms with E-state index < -0.39 is 0 Å². The van der Waals surface area contributed by atoms with Crippen molar-refractivity contribution in [3.8, 4) is 44.9 Å². The van der Waals surface area contributed by atoms with Gasteiger partial charge in [0.25, 0.3) is 0 Å².